The predicted octanol–water partition coefficient (Wildman–Crippen LogP) is 3.44. The lowest BCUT2D eigenvalue weighted by Gasteiger charge is -2.27. The van der Waals surface area contributed by atoms with Crippen molar-refractivity contribution in [3.63, 3.8) is 0 Å². The molecule has 0 saturated carbocycles. The van der Waals surface area contributed by atoms with Gasteiger partial charge in [0.15, 0.2) is 0 Å². The van der Waals surface area contributed by atoms with Crippen molar-refractivity contribution in [1.82, 2.24) is 9.97 Å². The van der Waals surface area contributed by atoms with Crippen molar-refractivity contribution in [2.45, 2.75) is 0 Å². The molecule has 0 unspecified atom stereocenters. The average molecular weight is 392 g/mol. The molecular weight excluding hydrogens is 371 g/mol. The Morgan fingerprint density at radius 1 is 1.07 bits per heavy atom. The Kier molecular flexibility index (Phi) is 5.35. The van der Waals surface area contributed by atoms with Crippen LogP contribution in [0.15, 0.2) is 48.5 Å². The zero-order valence-electron chi connectivity index (χ0n) is 15.7. The summed E-state index contributed by atoms with van der Waals surface area (Å²) in [5, 5.41) is 10.7. The van der Waals surface area contributed by atoms with Gasteiger partial charge < -0.3 is 26.1 Å². The standard InChI is InChI=1S/C21H21FN6O/c22-16-3-1-14(2-4-16)19-12-20(25-17-5-6-18(24)15(11-17)13-23)27-21(26-19)28-7-9-29-10-8-28/h1-6,11-13,23H,7-10,24H2,(H,25,26,27). The van der Waals surface area contributed by atoms with E-state index in [0.717, 1.165) is 11.3 Å². The number of ether oxygens (including phenoxy) is 1. The molecule has 8 heteroatoms. The first-order chi connectivity index (χ1) is 14.1. The molecule has 1 aromatic heterocycles. The molecule has 0 spiro atoms. The minimum absolute atomic E-state index is 0.296. The molecule has 4 rings (SSSR count). The number of nitrogens with two attached hydrogens (primary N) is 1. The van der Waals surface area contributed by atoms with E-state index in [0.29, 0.717) is 55.0 Å². The summed E-state index contributed by atoms with van der Waals surface area (Å²) in [4.78, 5) is 11.4. The fourth-order valence-corrected chi connectivity index (χ4v) is 3.10. The number of halogens is 1. The van der Waals surface area contributed by atoms with Gasteiger partial charge in [0.1, 0.15) is 11.6 Å². The highest BCUT2D eigenvalue weighted by Crippen LogP contribution is 2.26. The van der Waals surface area contributed by atoms with Crippen LogP contribution in [0.5, 0.6) is 0 Å². The van der Waals surface area contributed by atoms with Crippen molar-refractivity contribution in [2.75, 3.05) is 42.3 Å². The van der Waals surface area contributed by atoms with Crippen molar-refractivity contribution in [1.29, 1.82) is 5.41 Å². The van der Waals surface area contributed by atoms with Crippen molar-refractivity contribution in [2.24, 2.45) is 0 Å². The summed E-state index contributed by atoms with van der Waals surface area (Å²) in [5.74, 6) is 0.887. The summed E-state index contributed by atoms with van der Waals surface area (Å²) in [6.07, 6.45) is 1.21. The second kappa shape index (κ2) is 8.24. The van der Waals surface area contributed by atoms with E-state index in [9.17, 15) is 4.39 Å². The lowest BCUT2D eigenvalue weighted by molar-refractivity contribution is 0.122. The number of morpholine rings is 1. The predicted molar refractivity (Wildman–Crippen MR) is 112 cm³/mol. The highest BCUT2D eigenvalue weighted by molar-refractivity contribution is 5.87. The number of nitrogens with one attached hydrogen (secondary N) is 2. The molecule has 148 valence electrons. The van der Waals surface area contributed by atoms with Gasteiger partial charge in [0.2, 0.25) is 5.95 Å². The molecule has 1 fully saturated rings. The third-order valence-electron chi connectivity index (χ3n) is 4.66. The van der Waals surface area contributed by atoms with Crippen LogP contribution in [0.3, 0.4) is 0 Å². The minimum Gasteiger partial charge on any atom is -0.398 e. The molecule has 4 N–H and O–H groups in total. The number of aromatic nitrogens is 2. The Hall–Kier alpha value is -3.52. The van der Waals surface area contributed by atoms with Crippen molar-refractivity contribution < 1.29 is 9.13 Å². The van der Waals surface area contributed by atoms with E-state index >= 15 is 0 Å². The molecular formula is C21H21FN6O. The monoisotopic (exact) mass is 392 g/mol. The summed E-state index contributed by atoms with van der Waals surface area (Å²) >= 11 is 0. The van der Waals surface area contributed by atoms with Crippen LogP contribution in [0.25, 0.3) is 11.3 Å². The summed E-state index contributed by atoms with van der Waals surface area (Å²) in [5.41, 5.74) is 9.27. The SMILES string of the molecule is N=Cc1cc(Nc2cc(-c3ccc(F)cc3)nc(N3CCOCC3)n2)ccc1N. The van der Waals surface area contributed by atoms with Gasteiger partial charge in [0.25, 0.3) is 0 Å². The number of anilines is 4. The highest BCUT2D eigenvalue weighted by atomic mass is 19.1. The molecule has 29 heavy (non-hydrogen) atoms. The third-order valence-corrected chi connectivity index (χ3v) is 4.66. The van der Waals surface area contributed by atoms with Crippen LogP contribution in [0.2, 0.25) is 0 Å². The Morgan fingerprint density at radius 2 is 1.83 bits per heavy atom. The minimum atomic E-state index is -0.296. The average Bonchev–Trinajstić information content (AvgIpc) is 2.76. The van der Waals surface area contributed by atoms with E-state index in [4.69, 9.17) is 15.9 Å². The zero-order chi connectivity index (χ0) is 20.2. The van der Waals surface area contributed by atoms with E-state index < -0.39 is 0 Å². The lowest BCUT2D eigenvalue weighted by Crippen LogP contribution is -2.37. The van der Waals surface area contributed by atoms with Gasteiger partial charge >= 0.3 is 0 Å². The Morgan fingerprint density at radius 3 is 2.55 bits per heavy atom. The summed E-state index contributed by atoms with van der Waals surface area (Å²) in [7, 11) is 0. The maximum absolute atomic E-state index is 13.3. The van der Waals surface area contributed by atoms with E-state index in [1.165, 1.54) is 18.3 Å². The summed E-state index contributed by atoms with van der Waals surface area (Å²) < 4.78 is 18.8. The molecule has 1 aliphatic heterocycles. The van der Waals surface area contributed by atoms with Gasteiger partial charge in [-0.25, -0.2) is 9.37 Å². The number of rotatable bonds is 5. The van der Waals surface area contributed by atoms with Crippen LogP contribution in [0.4, 0.5) is 27.5 Å². The van der Waals surface area contributed by atoms with Gasteiger partial charge in [0, 0.05) is 47.9 Å². The van der Waals surface area contributed by atoms with Crippen molar-refractivity contribution >= 4 is 29.4 Å². The lowest BCUT2D eigenvalue weighted by atomic mass is 10.1. The molecule has 2 heterocycles. The van der Waals surface area contributed by atoms with E-state index in [-0.39, 0.29) is 5.82 Å². The number of hydrogen-bond donors (Lipinski definition) is 3. The number of hydrogen-bond acceptors (Lipinski definition) is 7. The highest BCUT2D eigenvalue weighted by Gasteiger charge is 2.16. The first-order valence-electron chi connectivity index (χ1n) is 9.27. The van der Waals surface area contributed by atoms with Crippen LogP contribution >= 0.6 is 0 Å². The first kappa shape index (κ1) is 18.8. The Bertz CT molecular complexity index is 1020. The van der Waals surface area contributed by atoms with Crippen molar-refractivity contribution in [3.05, 3.63) is 59.9 Å². The van der Waals surface area contributed by atoms with Gasteiger partial charge in [-0.05, 0) is 42.5 Å². The van der Waals surface area contributed by atoms with Gasteiger partial charge in [-0.3, -0.25) is 0 Å². The second-order valence-electron chi connectivity index (χ2n) is 6.66. The van der Waals surface area contributed by atoms with Gasteiger partial charge in [0.05, 0.1) is 18.9 Å². The van der Waals surface area contributed by atoms with Crippen molar-refractivity contribution in [3.8, 4) is 11.3 Å². The van der Waals surface area contributed by atoms with Crippen LogP contribution < -0.4 is 16.0 Å². The maximum Gasteiger partial charge on any atom is 0.228 e. The molecule has 1 saturated heterocycles. The molecule has 3 aromatic rings. The fraction of sp³-hybridized carbons (Fsp3) is 0.190. The maximum atomic E-state index is 13.3. The Balaban J connectivity index is 1.72. The van der Waals surface area contributed by atoms with E-state index in [2.05, 4.69) is 20.2 Å². The number of nitrogen functional groups attached to an aromatic ring is 1. The molecule has 0 amide bonds. The molecule has 0 aliphatic carbocycles. The molecule has 7 nitrogen and oxygen atoms in total. The quantitative estimate of drug-likeness (QED) is 0.454. The third kappa shape index (κ3) is 4.33. The number of nitrogens with zero attached hydrogens (tertiary/aromatic N) is 3. The van der Waals surface area contributed by atoms with Gasteiger partial charge in [-0.1, -0.05) is 0 Å². The van der Waals surface area contributed by atoms with Crippen LogP contribution in [0, 0.1) is 11.2 Å². The van der Waals surface area contributed by atoms with Gasteiger partial charge in [-0.2, -0.15) is 4.98 Å². The number of benzene rings is 2. The normalized spacial score (nSPS) is 13.9. The van der Waals surface area contributed by atoms with Crippen LogP contribution in [-0.2, 0) is 4.74 Å². The largest absolute Gasteiger partial charge is 0.398 e. The Labute approximate surface area is 167 Å². The molecule has 0 atom stereocenters. The summed E-state index contributed by atoms with van der Waals surface area (Å²) in [6, 6.07) is 13.4. The summed E-state index contributed by atoms with van der Waals surface area (Å²) in [6.45, 7) is 2.64. The second-order valence-corrected chi connectivity index (χ2v) is 6.66. The smallest absolute Gasteiger partial charge is 0.228 e. The topological polar surface area (TPSA) is 100 Å². The molecule has 1 aliphatic rings. The molecule has 2 aromatic carbocycles. The first-order valence-corrected chi connectivity index (χ1v) is 9.27. The van der Waals surface area contributed by atoms with E-state index in [1.54, 1.807) is 24.3 Å². The van der Waals surface area contributed by atoms with Crippen LogP contribution in [-0.4, -0.2) is 42.5 Å². The molecule has 0 bridgehead atoms. The van der Waals surface area contributed by atoms with E-state index in [1.807, 2.05) is 12.1 Å². The fourth-order valence-electron chi connectivity index (χ4n) is 3.10. The van der Waals surface area contributed by atoms with Crippen LogP contribution in [0.1, 0.15) is 5.56 Å². The van der Waals surface area contributed by atoms with Gasteiger partial charge in [-0.15, -0.1) is 0 Å². The zero-order valence-corrected chi connectivity index (χ0v) is 15.7. The molecule has 0 radical (unpaired) electrons.